The van der Waals surface area contributed by atoms with Crippen molar-refractivity contribution >= 4 is 0 Å². The monoisotopic (exact) mass is 180 g/mol. The Kier molecular flexibility index (Phi) is 2.23. The number of aliphatic hydroxyl groups is 1. The molecule has 0 aliphatic heterocycles. The summed E-state index contributed by atoms with van der Waals surface area (Å²) in [6.07, 6.45) is 8.31. The number of hydrogen-bond donors (Lipinski definition) is 1. The van der Waals surface area contributed by atoms with Crippen LogP contribution >= 0.6 is 0 Å². The van der Waals surface area contributed by atoms with E-state index in [0.29, 0.717) is 5.41 Å². The maximum atomic E-state index is 8.74. The van der Waals surface area contributed by atoms with E-state index >= 15 is 0 Å². The molecule has 3 aliphatic carbocycles. The molecule has 3 atom stereocenters. The summed E-state index contributed by atoms with van der Waals surface area (Å²) in [5.41, 5.74) is 0.572. The molecule has 1 heteroatoms. The molecule has 0 saturated heterocycles. The van der Waals surface area contributed by atoms with Crippen molar-refractivity contribution in [3.05, 3.63) is 12.2 Å². The lowest BCUT2D eigenvalue weighted by atomic mass is 9.45. The lowest BCUT2D eigenvalue weighted by Gasteiger charge is -2.59. The molecule has 74 valence electrons. The third-order valence-electron chi connectivity index (χ3n) is 4.40. The van der Waals surface area contributed by atoms with E-state index in [1.807, 2.05) is 6.08 Å². The third-order valence-corrected chi connectivity index (χ3v) is 4.40. The van der Waals surface area contributed by atoms with Crippen LogP contribution in [0.1, 0.15) is 33.1 Å². The Morgan fingerprint density at radius 1 is 1.38 bits per heavy atom. The average molecular weight is 180 g/mol. The first-order valence-electron chi connectivity index (χ1n) is 5.43. The topological polar surface area (TPSA) is 20.2 Å². The molecular formula is C12H20O. The van der Waals surface area contributed by atoms with Crippen molar-refractivity contribution in [1.29, 1.82) is 0 Å². The van der Waals surface area contributed by atoms with E-state index in [0.717, 1.165) is 17.8 Å². The van der Waals surface area contributed by atoms with Crippen molar-refractivity contribution < 1.29 is 5.11 Å². The van der Waals surface area contributed by atoms with E-state index < -0.39 is 0 Å². The van der Waals surface area contributed by atoms with Gasteiger partial charge in [-0.2, -0.15) is 0 Å². The lowest BCUT2D eigenvalue weighted by Crippen LogP contribution is -2.51. The van der Waals surface area contributed by atoms with Gasteiger partial charge in [0.2, 0.25) is 0 Å². The normalized spacial score (nSPS) is 41.9. The first-order chi connectivity index (χ1) is 6.16. The van der Waals surface area contributed by atoms with Crippen molar-refractivity contribution in [3.8, 4) is 0 Å². The van der Waals surface area contributed by atoms with Crippen molar-refractivity contribution in [1.82, 2.24) is 0 Å². The SMILES string of the molecule is CC1(C)C2CCC(/C=C/CO)C1C2. The zero-order chi connectivity index (χ0) is 9.47. The summed E-state index contributed by atoms with van der Waals surface area (Å²) in [6, 6.07) is 0. The van der Waals surface area contributed by atoms with Crippen LogP contribution in [0.2, 0.25) is 0 Å². The summed E-state index contributed by atoms with van der Waals surface area (Å²) in [5, 5.41) is 8.74. The predicted molar refractivity (Wildman–Crippen MR) is 54.3 cm³/mol. The minimum Gasteiger partial charge on any atom is -0.392 e. The van der Waals surface area contributed by atoms with Gasteiger partial charge in [-0.25, -0.2) is 0 Å². The second-order valence-corrected chi connectivity index (χ2v) is 5.21. The number of hydrogen-bond acceptors (Lipinski definition) is 1. The summed E-state index contributed by atoms with van der Waals surface area (Å²) < 4.78 is 0. The van der Waals surface area contributed by atoms with Crippen LogP contribution in [-0.4, -0.2) is 11.7 Å². The quantitative estimate of drug-likeness (QED) is 0.648. The molecule has 1 nitrogen and oxygen atoms in total. The van der Waals surface area contributed by atoms with E-state index in [1.54, 1.807) is 0 Å². The van der Waals surface area contributed by atoms with Crippen LogP contribution in [0.3, 0.4) is 0 Å². The summed E-state index contributed by atoms with van der Waals surface area (Å²) in [5.74, 6) is 2.61. The number of allylic oxidation sites excluding steroid dienone is 1. The van der Waals surface area contributed by atoms with Gasteiger partial charge < -0.3 is 5.11 Å². The van der Waals surface area contributed by atoms with Crippen LogP contribution in [0.4, 0.5) is 0 Å². The molecule has 0 aromatic heterocycles. The molecular weight excluding hydrogens is 160 g/mol. The highest BCUT2D eigenvalue weighted by Gasteiger charge is 2.53. The van der Waals surface area contributed by atoms with Crippen molar-refractivity contribution in [2.45, 2.75) is 33.1 Å². The van der Waals surface area contributed by atoms with Gasteiger partial charge in [0.15, 0.2) is 0 Å². The summed E-state index contributed by atoms with van der Waals surface area (Å²) in [6.45, 7) is 5.02. The van der Waals surface area contributed by atoms with Crippen LogP contribution < -0.4 is 0 Å². The average Bonchev–Trinajstić information content (AvgIpc) is 2.14. The number of aliphatic hydroxyl groups excluding tert-OH is 1. The molecule has 1 N–H and O–H groups in total. The van der Waals surface area contributed by atoms with E-state index in [2.05, 4.69) is 19.9 Å². The maximum Gasteiger partial charge on any atom is 0.0612 e. The third kappa shape index (κ3) is 1.34. The minimum atomic E-state index is 0.201. The molecule has 3 unspecified atom stereocenters. The van der Waals surface area contributed by atoms with Gasteiger partial charge in [0.25, 0.3) is 0 Å². The number of fused-ring (bicyclic) bond motifs is 2. The maximum absolute atomic E-state index is 8.74. The van der Waals surface area contributed by atoms with Gasteiger partial charge in [0.1, 0.15) is 0 Å². The Morgan fingerprint density at radius 2 is 2.15 bits per heavy atom. The fourth-order valence-electron chi connectivity index (χ4n) is 3.33. The highest BCUT2D eigenvalue weighted by molar-refractivity contribution is 5.08. The zero-order valence-corrected chi connectivity index (χ0v) is 8.66. The molecule has 2 bridgehead atoms. The first-order valence-corrected chi connectivity index (χ1v) is 5.43. The molecule has 0 radical (unpaired) electrons. The number of rotatable bonds is 2. The molecule has 13 heavy (non-hydrogen) atoms. The van der Waals surface area contributed by atoms with E-state index in [1.165, 1.54) is 19.3 Å². The molecule has 3 rings (SSSR count). The van der Waals surface area contributed by atoms with E-state index in [4.69, 9.17) is 5.11 Å². The van der Waals surface area contributed by atoms with E-state index in [9.17, 15) is 0 Å². The van der Waals surface area contributed by atoms with Gasteiger partial charge in [-0.15, -0.1) is 0 Å². The van der Waals surface area contributed by atoms with Gasteiger partial charge in [0.05, 0.1) is 6.61 Å². The molecule has 0 aromatic carbocycles. The molecule has 3 aliphatic rings. The van der Waals surface area contributed by atoms with Gasteiger partial charge in [0, 0.05) is 0 Å². The Hall–Kier alpha value is -0.300. The van der Waals surface area contributed by atoms with Gasteiger partial charge >= 0.3 is 0 Å². The highest BCUT2D eigenvalue weighted by atomic mass is 16.2. The minimum absolute atomic E-state index is 0.201. The van der Waals surface area contributed by atoms with Gasteiger partial charge in [-0.1, -0.05) is 26.0 Å². The van der Waals surface area contributed by atoms with Crippen LogP contribution in [0.25, 0.3) is 0 Å². The Morgan fingerprint density at radius 3 is 2.69 bits per heavy atom. The first kappa shape index (κ1) is 9.26. The van der Waals surface area contributed by atoms with Crippen LogP contribution in [0, 0.1) is 23.2 Å². The van der Waals surface area contributed by atoms with Crippen molar-refractivity contribution in [2.75, 3.05) is 6.61 Å². The standard InChI is InChI=1S/C12H20O/c1-12(2)10-6-5-9(4-3-7-13)11(12)8-10/h3-4,9-11,13H,5-8H2,1-2H3/b4-3+. The molecule has 0 spiro atoms. The zero-order valence-electron chi connectivity index (χ0n) is 8.66. The van der Waals surface area contributed by atoms with Crippen LogP contribution in [0.15, 0.2) is 12.2 Å². The summed E-state index contributed by atoms with van der Waals surface area (Å²) in [7, 11) is 0. The van der Waals surface area contributed by atoms with Crippen molar-refractivity contribution in [2.24, 2.45) is 23.2 Å². The Bertz CT molecular complexity index is 215. The van der Waals surface area contributed by atoms with Gasteiger partial charge in [-0.3, -0.25) is 0 Å². The smallest absolute Gasteiger partial charge is 0.0612 e. The summed E-state index contributed by atoms with van der Waals surface area (Å²) in [4.78, 5) is 0. The molecule has 0 aromatic rings. The van der Waals surface area contributed by atoms with Crippen LogP contribution in [0.5, 0.6) is 0 Å². The molecule has 0 amide bonds. The second-order valence-electron chi connectivity index (χ2n) is 5.21. The van der Waals surface area contributed by atoms with Gasteiger partial charge in [-0.05, 0) is 42.4 Å². The largest absolute Gasteiger partial charge is 0.392 e. The molecule has 3 fully saturated rings. The molecule has 0 heterocycles. The fraction of sp³-hybridized carbons (Fsp3) is 0.833. The second kappa shape index (κ2) is 3.13. The fourth-order valence-corrected chi connectivity index (χ4v) is 3.33. The lowest BCUT2D eigenvalue weighted by molar-refractivity contribution is -0.0905. The molecule has 3 saturated carbocycles. The predicted octanol–water partition coefficient (Wildman–Crippen LogP) is 2.61. The highest BCUT2D eigenvalue weighted by Crippen LogP contribution is 2.61. The van der Waals surface area contributed by atoms with E-state index in [-0.39, 0.29) is 6.61 Å². The Labute approximate surface area is 80.8 Å². The van der Waals surface area contributed by atoms with Crippen molar-refractivity contribution in [3.63, 3.8) is 0 Å². The Balaban J connectivity index is 2.03. The van der Waals surface area contributed by atoms with Crippen LogP contribution in [-0.2, 0) is 0 Å². The summed E-state index contributed by atoms with van der Waals surface area (Å²) >= 11 is 0.